The van der Waals surface area contributed by atoms with Gasteiger partial charge in [-0.3, -0.25) is 0 Å². The second kappa shape index (κ2) is 7.77. The van der Waals surface area contributed by atoms with E-state index < -0.39 is 18.0 Å². The summed E-state index contributed by atoms with van der Waals surface area (Å²) in [6.45, 7) is 2.10. The highest BCUT2D eigenvalue weighted by atomic mass is 16.4. The molecule has 1 atom stereocenters. The number of carbonyl (C=O) groups excluding carboxylic acids is 1. The van der Waals surface area contributed by atoms with Gasteiger partial charge in [0.05, 0.1) is 0 Å². The largest absolute Gasteiger partial charge is 0.479 e. The van der Waals surface area contributed by atoms with Crippen LogP contribution in [0.2, 0.25) is 0 Å². The minimum Gasteiger partial charge on any atom is -0.479 e. The van der Waals surface area contributed by atoms with E-state index in [0.29, 0.717) is 18.5 Å². The lowest BCUT2D eigenvalue weighted by molar-refractivity contribution is -0.139. The van der Waals surface area contributed by atoms with Crippen LogP contribution in [0.1, 0.15) is 24.9 Å². The highest BCUT2D eigenvalue weighted by molar-refractivity contribution is 5.83. The van der Waals surface area contributed by atoms with Crippen LogP contribution in [0.4, 0.5) is 4.79 Å². The SMILES string of the molecule is CC#CCCNC(=O)N[C@H](C(=O)O)c1ccccc1. The van der Waals surface area contributed by atoms with Crippen LogP contribution >= 0.6 is 0 Å². The number of carbonyl (C=O) groups is 2. The molecule has 0 spiro atoms. The van der Waals surface area contributed by atoms with Crippen LogP contribution in [-0.4, -0.2) is 23.7 Å². The highest BCUT2D eigenvalue weighted by Crippen LogP contribution is 2.12. The molecule has 0 aliphatic heterocycles. The highest BCUT2D eigenvalue weighted by Gasteiger charge is 2.21. The summed E-state index contributed by atoms with van der Waals surface area (Å²) in [5.41, 5.74) is 0.526. The normalized spacial score (nSPS) is 10.8. The summed E-state index contributed by atoms with van der Waals surface area (Å²) in [6, 6.07) is 6.96. The van der Waals surface area contributed by atoms with Crippen molar-refractivity contribution in [1.29, 1.82) is 0 Å². The van der Waals surface area contributed by atoms with Crippen molar-refractivity contribution in [3.8, 4) is 11.8 Å². The summed E-state index contributed by atoms with van der Waals surface area (Å²) in [4.78, 5) is 22.7. The molecule has 0 radical (unpaired) electrons. The Morgan fingerprint density at radius 2 is 2.00 bits per heavy atom. The molecule has 0 unspecified atom stereocenters. The van der Waals surface area contributed by atoms with Gasteiger partial charge in [-0.1, -0.05) is 30.3 Å². The standard InChI is InChI=1S/C14H16N2O3/c1-2-3-7-10-15-14(19)16-12(13(17)18)11-8-5-4-6-9-11/h4-6,8-9,12H,7,10H2,1H3,(H,17,18)(H2,15,16,19)/t12-/m0/s1. The first-order valence-electron chi connectivity index (χ1n) is 5.87. The first-order valence-corrected chi connectivity index (χ1v) is 5.87. The van der Waals surface area contributed by atoms with Gasteiger partial charge in [0.1, 0.15) is 0 Å². The molecule has 0 fully saturated rings. The van der Waals surface area contributed by atoms with Crippen molar-refractivity contribution in [2.24, 2.45) is 0 Å². The zero-order valence-electron chi connectivity index (χ0n) is 10.6. The van der Waals surface area contributed by atoms with E-state index >= 15 is 0 Å². The fourth-order valence-electron chi connectivity index (χ4n) is 1.48. The van der Waals surface area contributed by atoms with Gasteiger partial charge in [0, 0.05) is 13.0 Å². The third-order valence-corrected chi connectivity index (χ3v) is 2.37. The Morgan fingerprint density at radius 3 is 2.58 bits per heavy atom. The second-order valence-corrected chi connectivity index (χ2v) is 3.76. The van der Waals surface area contributed by atoms with Gasteiger partial charge in [-0.2, -0.15) is 0 Å². The van der Waals surface area contributed by atoms with Gasteiger partial charge in [-0.05, 0) is 12.5 Å². The monoisotopic (exact) mass is 260 g/mol. The molecule has 0 aromatic heterocycles. The maximum atomic E-state index is 11.6. The predicted octanol–water partition coefficient (Wildman–Crippen LogP) is 1.52. The molecule has 0 bridgehead atoms. The molecule has 2 amide bonds. The molecule has 0 aliphatic rings. The van der Waals surface area contributed by atoms with Gasteiger partial charge in [0.25, 0.3) is 0 Å². The number of urea groups is 1. The molecule has 1 aromatic carbocycles. The summed E-state index contributed by atoms with van der Waals surface area (Å²) in [6.07, 6.45) is 0.535. The molecule has 3 N–H and O–H groups in total. The average molecular weight is 260 g/mol. The maximum Gasteiger partial charge on any atom is 0.330 e. The lowest BCUT2D eigenvalue weighted by Crippen LogP contribution is -2.41. The first-order chi connectivity index (χ1) is 9.15. The molecule has 0 saturated heterocycles. The number of nitrogens with one attached hydrogen (secondary N) is 2. The van der Waals surface area contributed by atoms with Gasteiger partial charge in [0.15, 0.2) is 6.04 Å². The van der Waals surface area contributed by atoms with Crippen LogP contribution in [0.3, 0.4) is 0 Å². The van der Waals surface area contributed by atoms with E-state index in [0.717, 1.165) is 0 Å². The third kappa shape index (κ3) is 5.13. The van der Waals surface area contributed by atoms with E-state index in [9.17, 15) is 9.59 Å². The van der Waals surface area contributed by atoms with Crippen LogP contribution in [0, 0.1) is 11.8 Å². The minimum absolute atomic E-state index is 0.383. The molecule has 1 aromatic rings. The summed E-state index contributed by atoms with van der Waals surface area (Å²) in [5.74, 6) is 4.41. The van der Waals surface area contributed by atoms with Crippen molar-refractivity contribution in [3.63, 3.8) is 0 Å². The van der Waals surface area contributed by atoms with Crippen molar-refractivity contribution in [1.82, 2.24) is 10.6 Å². The molecule has 0 aliphatic carbocycles. The van der Waals surface area contributed by atoms with E-state index in [4.69, 9.17) is 5.11 Å². The topological polar surface area (TPSA) is 78.4 Å². The van der Waals surface area contributed by atoms with Gasteiger partial charge in [-0.15, -0.1) is 11.8 Å². The van der Waals surface area contributed by atoms with Crippen molar-refractivity contribution in [2.75, 3.05) is 6.54 Å². The molecule has 5 nitrogen and oxygen atoms in total. The van der Waals surface area contributed by atoms with E-state index in [1.54, 1.807) is 37.3 Å². The lowest BCUT2D eigenvalue weighted by Gasteiger charge is -2.15. The van der Waals surface area contributed by atoms with E-state index in [-0.39, 0.29) is 0 Å². The van der Waals surface area contributed by atoms with Crippen molar-refractivity contribution in [3.05, 3.63) is 35.9 Å². The van der Waals surface area contributed by atoms with Gasteiger partial charge in [0.2, 0.25) is 0 Å². The third-order valence-electron chi connectivity index (χ3n) is 2.37. The van der Waals surface area contributed by atoms with Crippen LogP contribution in [-0.2, 0) is 4.79 Å². The minimum atomic E-state index is -1.10. The Morgan fingerprint density at radius 1 is 1.32 bits per heavy atom. The van der Waals surface area contributed by atoms with E-state index in [2.05, 4.69) is 22.5 Å². The summed E-state index contributed by atoms with van der Waals surface area (Å²) in [7, 11) is 0. The Bertz CT molecular complexity index is 488. The fourth-order valence-corrected chi connectivity index (χ4v) is 1.48. The average Bonchev–Trinajstić information content (AvgIpc) is 2.41. The molecule has 0 heterocycles. The number of hydrogen-bond donors (Lipinski definition) is 3. The number of amides is 2. The molecule has 0 saturated carbocycles. The molecular formula is C14H16N2O3. The Hall–Kier alpha value is -2.48. The van der Waals surface area contributed by atoms with Crippen LogP contribution in [0.5, 0.6) is 0 Å². The number of carboxylic acid groups (broad SMARTS) is 1. The summed E-state index contributed by atoms with van der Waals surface area (Å²) < 4.78 is 0. The Labute approximate surface area is 112 Å². The number of hydrogen-bond acceptors (Lipinski definition) is 2. The summed E-state index contributed by atoms with van der Waals surface area (Å²) >= 11 is 0. The first kappa shape index (κ1) is 14.6. The zero-order valence-corrected chi connectivity index (χ0v) is 10.6. The van der Waals surface area contributed by atoms with Crippen molar-refractivity contribution < 1.29 is 14.7 Å². The zero-order chi connectivity index (χ0) is 14.1. The fraction of sp³-hybridized carbons (Fsp3) is 0.286. The number of carboxylic acids is 1. The second-order valence-electron chi connectivity index (χ2n) is 3.76. The molecule has 19 heavy (non-hydrogen) atoms. The van der Waals surface area contributed by atoms with Crippen molar-refractivity contribution >= 4 is 12.0 Å². The van der Waals surface area contributed by atoms with Gasteiger partial charge in [-0.25, -0.2) is 9.59 Å². The Balaban J connectivity index is 2.57. The number of aliphatic carboxylic acids is 1. The molecular weight excluding hydrogens is 244 g/mol. The maximum absolute atomic E-state index is 11.6. The molecule has 100 valence electrons. The molecule has 1 rings (SSSR count). The Kier molecular flexibility index (Phi) is 5.96. The number of rotatable bonds is 5. The smallest absolute Gasteiger partial charge is 0.330 e. The van der Waals surface area contributed by atoms with Gasteiger partial charge >= 0.3 is 12.0 Å². The van der Waals surface area contributed by atoms with Crippen molar-refractivity contribution in [2.45, 2.75) is 19.4 Å². The van der Waals surface area contributed by atoms with Crippen LogP contribution in [0.25, 0.3) is 0 Å². The van der Waals surface area contributed by atoms with Crippen LogP contribution in [0.15, 0.2) is 30.3 Å². The number of benzene rings is 1. The quantitative estimate of drug-likeness (QED) is 0.555. The molecule has 5 heteroatoms. The predicted molar refractivity (Wildman–Crippen MR) is 71.4 cm³/mol. The van der Waals surface area contributed by atoms with Gasteiger partial charge < -0.3 is 15.7 Å². The summed E-state index contributed by atoms with van der Waals surface area (Å²) in [5, 5.41) is 14.1. The lowest BCUT2D eigenvalue weighted by atomic mass is 10.1. The van der Waals surface area contributed by atoms with E-state index in [1.165, 1.54) is 0 Å². The van der Waals surface area contributed by atoms with Crippen LogP contribution < -0.4 is 10.6 Å². The van der Waals surface area contributed by atoms with E-state index in [1.807, 2.05) is 0 Å².